The molecule has 2 rings (SSSR count). The van der Waals surface area contributed by atoms with Crippen LogP contribution in [0.2, 0.25) is 0 Å². The van der Waals surface area contributed by atoms with Crippen molar-refractivity contribution in [3.8, 4) is 11.5 Å². The van der Waals surface area contributed by atoms with Crippen LogP contribution in [0.3, 0.4) is 0 Å². The molecule has 2 aromatic rings. The number of carboxylic acid groups (broad SMARTS) is 1. The van der Waals surface area contributed by atoms with Crippen LogP contribution in [0, 0.1) is 0 Å². The van der Waals surface area contributed by atoms with Crippen LogP contribution in [0.25, 0.3) is 0 Å². The third-order valence-corrected chi connectivity index (χ3v) is 5.32. The first kappa shape index (κ1) is 21.8. The number of carbonyl (C=O) groups is 1. The Bertz CT molecular complexity index is 819. The van der Waals surface area contributed by atoms with E-state index in [1.807, 2.05) is 60.6 Å². The van der Waals surface area contributed by atoms with E-state index in [9.17, 15) is 20.1 Å². The maximum atomic E-state index is 11.9. The molecule has 0 radical (unpaired) electrons. The largest absolute Gasteiger partial charge is 0.508 e. The molecule has 4 nitrogen and oxygen atoms in total. The minimum absolute atomic E-state index is 0.102. The van der Waals surface area contributed by atoms with Crippen LogP contribution in [0.4, 0.5) is 0 Å². The molecule has 0 spiro atoms. The second kappa shape index (κ2) is 7.16. The lowest BCUT2D eigenvalue weighted by atomic mass is 9.65. The number of phenols is 2. The third-order valence-electron chi connectivity index (χ3n) is 5.32. The monoisotopic (exact) mass is 384 g/mol. The standard InChI is InChI=1S/C24H32O4/c1-22(2,3)19-12-15(25)8-10-17(19)24(7,14-21(27)28)18-11-9-16(26)13-20(18)23(4,5)6/h8-13,25-26H,14H2,1-7H3,(H,27,28). The van der Waals surface area contributed by atoms with Crippen LogP contribution in [0.15, 0.2) is 36.4 Å². The average Bonchev–Trinajstić information content (AvgIpc) is 2.52. The van der Waals surface area contributed by atoms with E-state index >= 15 is 0 Å². The van der Waals surface area contributed by atoms with E-state index in [0.29, 0.717) is 0 Å². The van der Waals surface area contributed by atoms with Gasteiger partial charge in [0, 0.05) is 5.41 Å². The highest BCUT2D eigenvalue weighted by atomic mass is 16.4. The fourth-order valence-electron chi connectivity index (χ4n) is 3.91. The molecule has 0 aliphatic carbocycles. The molecule has 0 heterocycles. The van der Waals surface area contributed by atoms with E-state index in [4.69, 9.17) is 0 Å². The highest BCUT2D eigenvalue weighted by Crippen LogP contribution is 2.46. The summed E-state index contributed by atoms with van der Waals surface area (Å²) in [6.45, 7) is 14.2. The Morgan fingerprint density at radius 2 is 1.07 bits per heavy atom. The van der Waals surface area contributed by atoms with Crippen LogP contribution in [0.5, 0.6) is 11.5 Å². The molecule has 0 saturated heterocycles. The van der Waals surface area contributed by atoms with Crippen molar-refractivity contribution in [2.24, 2.45) is 0 Å². The molecule has 0 amide bonds. The lowest BCUT2D eigenvalue weighted by Gasteiger charge is -2.38. The topological polar surface area (TPSA) is 77.8 Å². The summed E-state index contributed by atoms with van der Waals surface area (Å²) in [5, 5.41) is 29.9. The van der Waals surface area contributed by atoms with Gasteiger partial charge < -0.3 is 15.3 Å². The van der Waals surface area contributed by atoms with E-state index in [-0.39, 0.29) is 28.7 Å². The minimum Gasteiger partial charge on any atom is -0.508 e. The second-order valence-electron chi connectivity index (χ2n) is 9.86. The molecule has 0 aromatic heterocycles. The fraction of sp³-hybridized carbons (Fsp3) is 0.458. The molecule has 0 fully saturated rings. The normalized spacial score (nSPS) is 12.8. The summed E-state index contributed by atoms with van der Waals surface area (Å²) < 4.78 is 0. The van der Waals surface area contributed by atoms with Gasteiger partial charge in [-0.2, -0.15) is 0 Å². The smallest absolute Gasteiger partial charge is 0.304 e. The molecular formula is C24H32O4. The SMILES string of the molecule is CC(C)(C)c1cc(O)ccc1C(C)(CC(=O)O)c1ccc(O)cc1C(C)(C)C. The van der Waals surface area contributed by atoms with Crippen molar-refractivity contribution in [1.82, 2.24) is 0 Å². The third kappa shape index (κ3) is 4.32. The summed E-state index contributed by atoms with van der Waals surface area (Å²) in [5.41, 5.74) is 2.15. The quantitative estimate of drug-likeness (QED) is 0.653. The first-order valence-corrected chi connectivity index (χ1v) is 9.56. The predicted molar refractivity (Wildman–Crippen MR) is 112 cm³/mol. The number of hydrogen-bond donors (Lipinski definition) is 3. The maximum absolute atomic E-state index is 11.9. The number of carboxylic acids is 1. The van der Waals surface area contributed by atoms with Gasteiger partial charge in [0.1, 0.15) is 11.5 Å². The molecule has 2 aromatic carbocycles. The lowest BCUT2D eigenvalue weighted by Crippen LogP contribution is -2.33. The molecule has 152 valence electrons. The Hall–Kier alpha value is -2.49. The minimum atomic E-state index is -0.900. The van der Waals surface area contributed by atoms with Crippen molar-refractivity contribution < 1.29 is 20.1 Å². The Morgan fingerprint density at radius 3 is 1.36 bits per heavy atom. The molecule has 0 unspecified atom stereocenters. The van der Waals surface area contributed by atoms with Crippen molar-refractivity contribution in [2.75, 3.05) is 0 Å². The zero-order valence-electron chi connectivity index (χ0n) is 17.9. The van der Waals surface area contributed by atoms with Crippen molar-refractivity contribution in [2.45, 2.75) is 71.1 Å². The van der Waals surface area contributed by atoms with E-state index in [1.165, 1.54) is 0 Å². The number of aliphatic carboxylic acids is 1. The average molecular weight is 385 g/mol. The lowest BCUT2D eigenvalue weighted by molar-refractivity contribution is -0.138. The van der Waals surface area contributed by atoms with Gasteiger partial charge in [-0.25, -0.2) is 0 Å². The summed E-state index contributed by atoms with van der Waals surface area (Å²) in [6.07, 6.45) is -0.102. The van der Waals surface area contributed by atoms with Crippen molar-refractivity contribution >= 4 is 5.97 Å². The van der Waals surface area contributed by atoms with Gasteiger partial charge in [0.25, 0.3) is 0 Å². The van der Waals surface area contributed by atoms with Crippen LogP contribution in [0.1, 0.15) is 77.1 Å². The number of hydrogen-bond acceptors (Lipinski definition) is 3. The summed E-state index contributed by atoms with van der Waals surface area (Å²) in [6, 6.07) is 10.3. The molecule has 3 N–H and O–H groups in total. The Labute approximate surface area is 167 Å². The Balaban J connectivity index is 2.92. The summed E-state index contributed by atoms with van der Waals surface area (Å²) in [7, 11) is 0. The maximum Gasteiger partial charge on any atom is 0.304 e. The first-order chi connectivity index (χ1) is 12.7. The first-order valence-electron chi connectivity index (χ1n) is 9.56. The van der Waals surface area contributed by atoms with E-state index in [1.54, 1.807) is 24.3 Å². The van der Waals surface area contributed by atoms with E-state index in [0.717, 1.165) is 22.3 Å². The van der Waals surface area contributed by atoms with Gasteiger partial charge in [-0.05, 0) is 57.3 Å². The van der Waals surface area contributed by atoms with Gasteiger partial charge in [0.05, 0.1) is 6.42 Å². The zero-order chi connectivity index (χ0) is 21.5. The number of rotatable bonds is 4. The molecule has 0 aliphatic rings. The van der Waals surface area contributed by atoms with Gasteiger partial charge >= 0.3 is 5.97 Å². The van der Waals surface area contributed by atoms with E-state index in [2.05, 4.69) is 0 Å². The number of phenolic OH excluding ortho intramolecular Hbond substituents is 2. The summed E-state index contributed by atoms with van der Waals surface area (Å²) in [5.74, 6) is -0.579. The summed E-state index contributed by atoms with van der Waals surface area (Å²) in [4.78, 5) is 11.9. The second-order valence-corrected chi connectivity index (χ2v) is 9.86. The van der Waals surface area contributed by atoms with E-state index < -0.39 is 11.4 Å². The highest BCUT2D eigenvalue weighted by molar-refractivity contribution is 5.71. The highest BCUT2D eigenvalue weighted by Gasteiger charge is 2.39. The predicted octanol–water partition coefficient (Wildman–Crippen LogP) is 5.47. The molecule has 28 heavy (non-hydrogen) atoms. The molecule has 0 bridgehead atoms. The van der Waals surface area contributed by atoms with Gasteiger partial charge in [-0.3, -0.25) is 4.79 Å². The Morgan fingerprint density at radius 1 is 0.714 bits per heavy atom. The fourth-order valence-corrected chi connectivity index (χ4v) is 3.91. The molecular weight excluding hydrogens is 352 g/mol. The van der Waals surface area contributed by atoms with Gasteiger partial charge in [-0.1, -0.05) is 60.6 Å². The van der Waals surface area contributed by atoms with Crippen molar-refractivity contribution in [1.29, 1.82) is 0 Å². The van der Waals surface area contributed by atoms with Gasteiger partial charge in [-0.15, -0.1) is 0 Å². The molecule has 0 aliphatic heterocycles. The molecule has 0 saturated carbocycles. The van der Waals surface area contributed by atoms with Crippen LogP contribution >= 0.6 is 0 Å². The van der Waals surface area contributed by atoms with Gasteiger partial charge in [0.2, 0.25) is 0 Å². The zero-order valence-corrected chi connectivity index (χ0v) is 17.9. The Kier molecular flexibility index (Phi) is 5.57. The van der Waals surface area contributed by atoms with Crippen LogP contribution in [-0.4, -0.2) is 21.3 Å². The van der Waals surface area contributed by atoms with Crippen LogP contribution < -0.4 is 0 Å². The van der Waals surface area contributed by atoms with Crippen molar-refractivity contribution in [3.05, 3.63) is 58.7 Å². The van der Waals surface area contributed by atoms with Crippen molar-refractivity contribution in [3.63, 3.8) is 0 Å². The van der Waals surface area contributed by atoms with Gasteiger partial charge in [0.15, 0.2) is 0 Å². The molecule has 4 heteroatoms. The number of aromatic hydroxyl groups is 2. The van der Waals surface area contributed by atoms with Crippen LogP contribution in [-0.2, 0) is 21.0 Å². The molecule has 0 atom stereocenters. The summed E-state index contributed by atoms with van der Waals surface area (Å²) >= 11 is 0. The number of benzene rings is 2.